The number of likely N-dealkylation sites (tertiary alicyclic amines) is 1. The minimum atomic E-state index is 0.726. The molecule has 1 fully saturated rings. The first-order valence-corrected chi connectivity index (χ1v) is 7.25. The Kier molecular flexibility index (Phi) is 5.76. The van der Waals surface area contributed by atoms with Crippen LogP contribution in [0.1, 0.15) is 18.5 Å². The van der Waals surface area contributed by atoms with E-state index in [1.54, 1.807) is 0 Å². The summed E-state index contributed by atoms with van der Waals surface area (Å²) in [5, 5.41) is 3.48. The van der Waals surface area contributed by atoms with Crippen LogP contribution in [0, 0.1) is 0 Å². The predicted octanol–water partition coefficient (Wildman–Crippen LogP) is 1.20. The number of likely N-dealkylation sites (N-methyl/N-ethyl adjacent to an activating group) is 1. The third-order valence-electron chi connectivity index (χ3n) is 3.85. The molecular formula is C15H26N4. The first kappa shape index (κ1) is 14.4. The Bertz CT molecular complexity index is 352. The summed E-state index contributed by atoms with van der Waals surface area (Å²) in [6.07, 6.45) is 4.51. The van der Waals surface area contributed by atoms with Gasteiger partial charge in [0.25, 0.3) is 0 Å². The minimum absolute atomic E-state index is 0.726. The predicted molar refractivity (Wildman–Crippen MR) is 79.1 cm³/mol. The summed E-state index contributed by atoms with van der Waals surface area (Å²) >= 11 is 0. The van der Waals surface area contributed by atoms with Gasteiger partial charge in [-0.15, -0.1) is 0 Å². The van der Waals surface area contributed by atoms with Gasteiger partial charge in [0.15, 0.2) is 0 Å². The smallest absolute Gasteiger partial charge is 0.0541 e. The van der Waals surface area contributed by atoms with Crippen molar-refractivity contribution in [3.05, 3.63) is 30.1 Å². The molecule has 1 atom stereocenters. The van der Waals surface area contributed by atoms with Gasteiger partial charge in [-0.25, -0.2) is 0 Å². The summed E-state index contributed by atoms with van der Waals surface area (Å²) in [4.78, 5) is 9.24. The molecule has 1 saturated heterocycles. The van der Waals surface area contributed by atoms with E-state index in [1.807, 2.05) is 18.3 Å². The second-order valence-corrected chi connectivity index (χ2v) is 5.56. The molecule has 0 amide bonds. The van der Waals surface area contributed by atoms with Gasteiger partial charge < -0.3 is 15.1 Å². The maximum absolute atomic E-state index is 4.32. The van der Waals surface area contributed by atoms with E-state index in [2.05, 4.69) is 40.3 Å². The van der Waals surface area contributed by atoms with Gasteiger partial charge in [0.05, 0.1) is 5.69 Å². The fourth-order valence-corrected chi connectivity index (χ4v) is 2.61. The van der Waals surface area contributed by atoms with E-state index in [9.17, 15) is 0 Å². The van der Waals surface area contributed by atoms with Crippen LogP contribution in [0.25, 0.3) is 0 Å². The Balaban J connectivity index is 1.63. The van der Waals surface area contributed by atoms with E-state index >= 15 is 0 Å². The number of piperidine rings is 1. The van der Waals surface area contributed by atoms with Crippen molar-refractivity contribution in [2.45, 2.75) is 25.4 Å². The summed E-state index contributed by atoms with van der Waals surface area (Å²) in [6, 6.07) is 6.79. The van der Waals surface area contributed by atoms with Gasteiger partial charge in [0, 0.05) is 38.4 Å². The molecule has 1 aliphatic rings. The number of nitrogens with zero attached hydrogens (tertiary/aromatic N) is 3. The molecule has 1 aliphatic heterocycles. The monoisotopic (exact) mass is 262 g/mol. The molecule has 1 aromatic heterocycles. The summed E-state index contributed by atoms with van der Waals surface area (Å²) in [7, 11) is 4.38. The normalized spacial score (nSPS) is 20.9. The second kappa shape index (κ2) is 7.58. The molecule has 2 heterocycles. The van der Waals surface area contributed by atoms with Gasteiger partial charge in [-0.3, -0.25) is 4.98 Å². The zero-order chi connectivity index (χ0) is 13.5. The molecule has 4 heteroatoms. The molecule has 0 spiro atoms. The summed E-state index contributed by atoms with van der Waals surface area (Å²) < 4.78 is 0. The lowest BCUT2D eigenvalue weighted by Gasteiger charge is -2.36. The average Bonchev–Trinajstić information content (AvgIpc) is 2.45. The van der Waals surface area contributed by atoms with Crippen LogP contribution in [0.15, 0.2) is 24.4 Å². The molecule has 4 nitrogen and oxygen atoms in total. The van der Waals surface area contributed by atoms with E-state index in [-0.39, 0.29) is 0 Å². The molecule has 2 rings (SSSR count). The topological polar surface area (TPSA) is 31.4 Å². The van der Waals surface area contributed by atoms with Gasteiger partial charge in [0.1, 0.15) is 0 Å². The molecule has 1 unspecified atom stereocenters. The highest BCUT2D eigenvalue weighted by molar-refractivity contribution is 5.02. The van der Waals surface area contributed by atoms with Gasteiger partial charge >= 0.3 is 0 Å². The van der Waals surface area contributed by atoms with Gasteiger partial charge in [0.2, 0.25) is 0 Å². The molecule has 19 heavy (non-hydrogen) atoms. The lowest BCUT2D eigenvalue weighted by molar-refractivity contribution is 0.134. The quantitative estimate of drug-likeness (QED) is 0.781. The van der Waals surface area contributed by atoms with Crippen LogP contribution in [0.3, 0.4) is 0 Å². The molecule has 0 aromatic carbocycles. The van der Waals surface area contributed by atoms with E-state index in [1.165, 1.54) is 25.9 Å². The van der Waals surface area contributed by atoms with E-state index in [0.29, 0.717) is 0 Å². The lowest BCUT2D eigenvalue weighted by Crippen LogP contribution is -2.46. The van der Waals surface area contributed by atoms with Crippen LogP contribution >= 0.6 is 0 Å². The molecule has 1 N–H and O–H groups in total. The SMILES string of the molecule is CN(C)C1CCCN(CCNCc2ccccn2)C1. The molecule has 106 valence electrons. The van der Waals surface area contributed by atoms with Gasteiger partial charge in [-0.05, 0) is 45.6 Å². The van der Waals surface area contributed by atoms with Crippen molar-refractivity contribution in [3.8, 4) is 0 Å². The zero-order valence-electron chi connectivity index (χ0n) is 12.2. The first-order valence-electron chi connectivity index (χ1n) is 7.25. The standard InChI is InChI=1S/C15H26N4/c1-18(2)15-7-5-10-19(13-15)11-9-16-12-14-6-3-4-8-17-14/h3-4,6,8,15-16H,5,7,9-13H2,1-2H3. The Morgan fingerprint density at radius 1 is 1.42 bits per heavy atom. The maximum Gasteiger partial charge on any atom is 0.0541 e. The van der Waals surface area contributed by atoms with Gasteiger partial charge in [-0.2, -0.15) is 0 Å². The number of hydrogen-bond acceptors (Lipinski definition) is 4. The van der Waals surface area contributed by atoms with Crippen molar-refractivity contribution >= 4 is 0 Å². The highest BCUT2D eigenvalue weighted by Crippen LogP contribution is 2.12. The van der Waals surface area contributed by atoms with Crippen molar-refractivity contribution in [2.75, 3.05) is 40.3 Å². The zero-order valence-corrected chi connectivity index (χ0v) is 12.2. The molecule has 0 bridgehead atoms. The van der Waals surface area contributed by atoms with Crippen molar-refractivity contribution in [1.29, 1.82) is 0 Å². The maximum atomic E-state index is 4.32. The Labute approximate surface area is 116 Å². The van der Waals surface area contributed by atoms with Crippen LogP contribution in [0.5, 0.6) is 0 Å². The summed E-state index contributed by atoms with van der Waals surface area (Å²) in [5.41, 5.74) is 1.12. The number of pyridine rings is 1. The number of aromatic nitrogens is 1. The highest BCUT2D eigenvalue weighted by atomic mass is 15.2. The largest absolute Gasteiger partial charge is 0.310 e. The average molecular weight is 262 g/mol. The Morgan fingerprint density at radius 2 is 2.32 bits per heavy atom. The number of rotatable bonds is 6. The van der Waals surface area contributed by atoms with Crippen molar-refractivity contribution in [3.63, 3.8) is 0 Å². The molecular weight excluding hydrogens is 236 g/mol. The van der Waals surface area contributed by atoms with Crippen LogP contribution in [-0.4, -0.2) is 61.1 Å². The fraction of sp³-hybridized carbons (Fsp3) is 0.667. The molecule has 0 saturated carbocycles. The van der Waals surface area contributed by atoms with Crippen LogP contribution in [0.4, 0.5) is 0 Å². The highest BCUT2D eigenvalue weighted by Gasteiger charge is 2.20. The van der Waals surface area contributed by atoms with Crippen LogP contribution < -0.4 is 5.32 Å². The number of nitrogens with one attached hydrogen (secondary N) is 1. The van der Waals surface area contributed by atoms with Crippen molar-refractivity contribution in [1.82, 2.24) is 20.1 Å². The minimum Gasteiger partial charge on any atom is -0.310 e. The van der Waals surface area contributed by atoms with E-state index < -0.39 is 0 Å². The van der Waals surface area contributed by atoms with Crippen molar-refractivity contribution < 1.29 is 0 Å². The second-order valence-electron chi connectivity index (χ2n) is 5.56. The first-order chi connectivity index (χ1) is 9.25. The molecule has 0 radical (unpaired) electrons. The summed E-state index contributed by atoms with van der Waals surface area (Å²) in [5.74, 6) is 0. The van der Waals surface area contributed by atoms with E-state index in [0.717, 1.165) is 31.4 Å². The van der Waals surface area contributed by atoms with Crippen LogP contribution in [-0.2, 0) is 6.54 Å². The Morgan fingerprint density at radius 3 is 3.05 bits per heavy atom. The van der Waals surface area contributed by atoms with Crippen molar-refractivity contribution in [2.24, 2.45) is 0 Å². The van der Waals surface area contributed by atoms with E-state index in [4.69, 9.17) is 0 Å². The summed E-state index contributed by atoms with van der Waals surface area (Å²) in [6.45, 7) is 5.49. The third-order valence-corrected chi connectivity index (χ3v) is 3.85. The molecule has 0 aliphatic carbocycles. The number of hydrogen-bond donors (Lipinski definition) is 1. The lowest BCUT2D eigenvalue weighted by atomic mass is 10.1. The van der Waals surface area contributed by atoms with Gasteiger partial charge in [-0.1, -0.05) is 6.07 Å². The molecule has 1 aromatic rings. The fourth-order valence-electron chi connectivity index (χ4n) is 2.61. The third kappa shape index (κ3) is 4.90. The Hall–Kier alpha value is -0.970. The van der Waals surface area contributed by atoms with Crippen LogP contribution in [0.2, 0.25) is 0 Å².